The molecule has 1 heterocycles. The second-order valence-electron chi connectivity index (χ2n) is 4.28. The third-order valence-electron chi connectivity index (χ3n) is 2.85. The lowest BCUT2D eigenvalue weighted by atomic mass is 10.1. The van der Waals surface area contributed by atoms with E-state index in [2.05, 4.69) is 10.1 Å². The van der Waals surface area contributed by atoms with Gasteiger partial charge in [-0.2, -0.15) is 4.98 Å². The van der Waals surface area contributed by atoms with E-state index in [1.165, 1.54) is 24.3 Å². The predicted molar refractivity (Wildman–Crippen MR) is 69.5 cm³/mol. The standard InChI is InChI=1S/C14H8F3N3O/c15-8-3-1-7(2-4-8)13-19-14(21-20-13)9-5-12(18)11(17)6-10(9)16/h1-6H,18H2. The van der Waals surface area contributed by atoms with Crippen molar-refractivity contribution in [1.29, 1.82) is 0 Å². The van der Waals surface area contributed by atoms with Crippen molar-refractivity contribution in [2.45, 2.75) is 0 Å². The van der Waals surface area contributed by atoms with E-state index in [0.29, 0.717) is 11.6 Å². The van der Waals surface area contributed by atoms with Gasteiger partial charge in [-0.05, 0) is 30.3 Å². The van der Waals surface area contributed by atoms with Crippen LogP contribution < -0.4 is 5.73 Å². The molecule has 4 nitrogen and oxygen atoms in total. The van der Waals surface area contributed by atoms with Crippen LogP contribution in [0.3, 0.4) is 0 Å². The first kappa shape index (κ1) is 13.2. The number of nitrogen functional groups attached to an aromatic ring is 1. The Morgan fingerprint density at radius 3 is 2.38 bits per heavy atom. The number of nitrogens with zero attached hydrogens (tertiary/aromatic N) is 2. The van der Waals surface area contributed by atoms with Crippen LogP contribution in [0, 0.1) is 17.5 Å². The van der Waals surface area contributed by atoms with Crippen LogP contribution in [0.5, 0.6) is 0 Å². The molecule has 0 saturated heterocycles. The second kappa shape index (κ2) is 4.93. The summed E-state index contributed by atoms with van der Waals surface area (Å²) in [6.45, 7) is 0. The minimum atomic E-state index is -0.866. The summed E-state index contributed by atoms with van der Waals surface area (Å²) in [7, 11) is 0. The monoisotopic (exact) mass is 291 g/mol. The zero-order valence-electron chi connectivity index (χ0n) is 10.5. The fourth-order valence-corrected chi connectivity index (χ4v) is 1.78. The van der Waals surface area contributed by atoms with Gasteiger partial charge in [0.2, 0.25) is 5.82 Å². The Kier molecular flexibility index (Phi) is 3.09. The van der Waals surface area contributed by atoms with E-state index in [1.54, 1.807) is 0 Å². The van der Waals surface area contributed by atoms with E-state index >= 15 is 0 Å². The van der Waals surface area contributed by atoms with E-state index in [9.17, 15) is 13.2 Å². The maximum absolute atomic E-state index is 13.7. The largest absolute Gasteiger partial charge is 0.396 e. The predicted octanol–water partition coefficient (Wildman–Crippen LogP) is 3.40. The molecule has 0 aliphatic rings. The van der Waals surface area contributed by atoms with Gasteiger partial charge in [0.15, 0.2) is 0 Å². The van der Waals surface area contributed by atoms with Crippen molar-refractivity contribution in [3.8, 4) is 22.8 Å². The molecule has 3 rings (SSSR count). The summed E-state index contributed by atoms with van der Waals surface area (Å²) in [4.78, 5) is 3.99. The fraction of sp³-hybridized carbons (Fsp3) is 0. The van der Waals surface area contributed by atoms with Crippen molar-refractivity contribution in [2.24, 2.45) is 0 Å². The van der Waals surface area contributed by atoms with E-state index < -0.39 is 17.5 Å². The van der Waals surface area contributed by atoms with Crippen LogP contribution in [0.4, 0.5) is 18.9 Å². The Hall–Kier alpha value is -2.83. The van der Waals surface area contributed by atoms with Crippen LogP contribution in [0.15, 0.2) is 40.9 Å². The molecule has 7 heteroatoms. The molecule has 0 amide bonds. The van der Waals surface area contributed by atoms with Crippen molar-refractivity contribution < 1.29 is 17.7 Å². The number of hydrogen-bond acceptors (Lipinski definition) is 4. The summed E-state index contributed by atoms with van der Waals surface area (Å²) in [5.74, 6) is -2.11. The average Bonchev–Trinajstić information content (AvgIpc) is 2.93. The number of rotatable bonds is 2. The van der Waals surface area contributed by atoms with Gasteiger partial charge >= 0.3 is 0 Å². The topological polar surface area (TPSA) is 64.9 Å². The van der Waals surface area contributed by atoms with Crippen molar-refractivity contribution in [3.63, 3.8) is 0 Å². The van der Waals surface area contributed by atoms with Crippen LogP contribution in [-0.2, 0) is 0 Å². The molecule has 106 valence electrons. The highest BCUT2D eigenvalue weighted by atomic mass is 19.1. The highest BCUT2D eigenvalue weighted by molar-refractivity contribution is 5.63. The summed E-state index contributed by atoms with van der Waals surface area (Å²) in [5.41, 5.74) is 5.56. The van der Waals surface area contributed by atoms with E-state index in [1.807, 2.05) is 0 Å². The lowest BCUT2D eigenvalue weighted by Gasteiger charge is -2.00. The fourth-order valence-electron chi connectivity index (χ4n) is 1.78. The molecule has 3 aromatic rings. The van der Waals surface area contributed by atoms with Crippen LogP contribution in [0.25, 0.3) is 22.8 Å². The van der Waals surface area contributed by atoms with E-state index in [-0.39, 0.29) is 23.0 Å². The molecule has 0 radical (unpaired) electrons. The average molecular weight is 291 g/mol. The molecule has 0 atom stereocenters. The number of anilines is 1. The Morgan fingerprint density at radius 2 is 1.67 bits per heavy atom. The first-order valence-electron chi connectivity index (χ1n) is 5.89. The molecule has 0 fully saturated rings. The summed E-state index contributed by atoms with van der Waals surface area (Å²) < 4.78 is 44.6. The van der Waals surface area contributed by atoms with Gasteiger partial charge in [-0.1, -0.05) is 5.16 Å². The first-order valence-corrected chi connectivity index (χ1v) is 5.89. The molecular formula is C14H8F3N3O. The second-order valence-corrected chi connectivity index (χ2v) is 4.28. The lowest BCUT2D eigenvalue weighted by molar-refractivity contribution is 0.429. The van der Waals surface area contributed by atoms with Crippen molar-refractivity contribution in [2.75, 3.05) is 5.73 Å². The van der Waals surface area contributed by atoms with E-state index in [0.717, 1.165) is 6.07 Å². The Morgan fingerprint density at radius 1 is 0.952 bits per heavy atom. The molecular weight excluding hydrogens is 283 g/mol. The van der Waals surface area contributed by atoms with Gasteiger partial charge in [-0.25, -0.2) is 13.2 Å². The molecule has 0 aliphatic carbocycles. The molecule has 2 aromatic carbocycles. The molecule has 0 aliphatic heterocycles. The first-order chi connectivity index (χ1) is 10.0. The van der Waals surface area contributed by atoms with Crippen LogP contribution >= 0.6 is 0 Å². The zero-order valence-corrected chi connectivity index (χ0v) is 10.5. The molecule has 0 saturated carbocycles. The normalized spacial score (nSPS) is 10.8. The van der Waals surface area contributed by atoms with Crippen LogP contribution in [0.2, 0.25) is 0 Å². The van der Waals surface area contributed by atoms with Gasteiger partial charge in [0, 0.05) is 11.6 Å². The minimum Gasteiger partial charge on any atom is -0.396 e. The SMILES string of the molecule is Nc1cc(-c2nc(-c3ccc(F)cc3)no2)c(F)cc1F. The highest BCUT2D eigenvalue weighted by Crippen LogP contribution is 2.27. The van der Waals surface area contributed by atoms with Gasteiger partial charge in [-0.15, -0.1) is 0 Å². The number of hydrogen-bond donors (Lipinski definition) is 1. The van der Waals surface area contributed by atoms with Gasteiger partial charge in [-0.3, -0.25) is 0 Å². The Balaban J connectivity index is 2.02. The molecule has 1 aromatic heterocycles. The molecule has 21 heavy (non-hydrogen) atoms. The summed E-state index contributed by atoms with van der Waals surface area (Å²) in [6.07, 6.45) is 0. The Bertz CT molecular complexity index is 800. The summed E-state index contributed by atoms with van der Waals surface area (Å²) in [5, 5.41) is 3.68. The number of aromatic nitrogens is 2. The quantitative estimate of drug-likeness (QED) is 0.735. The third-order valence-corrected chi connectivity index (χ3v) is 2.85. The molecule has 0 spiro atoms. The maximum atomic E-state index is 13.7. The van der Waals surface area contributed by atoms with Gasteiger partial charge in [0.1, 0.15) is 17.5 Å². The van der Waals surface area contributed by atoms with Gasteiger partial charge in [0.05, 0.1) is 11.3 Å². The zero-order chi connectivity index (χ0) is 15.0. The van der Waals surface area contributed by atoms with Crippen molar-refractivity contribution in [1.82, 2.24) is 10.1 Å². The number of halogens is 3. The third kappa shape index (κ3) is 2.45. The Labute approximate surface area is 117 Å². The summed E-state index contributed by atoms with van der Waals surface area (Å²) in [6, 6.07) is 7.11. The maximum Gasteiger partial charge on any atom is 0.261 e. The van der Waals surface area contributed by atoms with Gasteiger partial charge in [0.25, 0.3) is 5.89 Å². The van der Waals surface area contributed by atoms with Crippen LogP contribution in [0.1, 0.15) is 0 Å². The minimum absolute atomic E-state index is 0.102. The number of nitrogens with two attached hydrogens (primary N) is 1. The highest BCUT2D eigenvalue weighted by Gasteiger charge is 2.16. The molecule has 0 bridgehead atoms. The van der Waals surface area contributed by atoms with Gasteiger partial charge < -0.3 is 10.3 Å². The number of benzene rings is 2. The smallest absolute Gasteiger partial charge is 0.261 e. The summed E-state index contributed by atoms with van der Waals surface area (Å²) >= 11 is 0. The lowest BCUT2D eigenvalue weighted by Crippen LogP contribution is -1.94. The van der Waals surface area contributed by atoms with Crippen LogP contribution in [-0.4, -0.2) is 10.1 Å². The molecule has 0 unspecified atom stereocenters. The molecule has 2 N–H and O–H groups in total. The van der Waals surface area contributed by atoms with E-state index in [4.69, 9.17) is 10.3 Å². The van der Waals surface area contributed by atoms with Crippen molar-refractivity contribution >= 4 is 5.69 Å². The van der Waals surface area contributed by atoms with Crippen molar-refractivity contribution in [3.05, 3.63) is 53.8 Å².